The fraction of sp³-hybridized carbons (Fsp3) is 0.0400. The molecule has 0 atom stereocenters. The summed E-state index contributed by atoms with van der Waals surface area (Å²) < 4.78 is 1.63. The van der Waals surface area contributed by atoms with Crippen LogP contribution >= 0.6 is 12.2 Å². The summed E-state index contributed by atoms with van der Waals surface area (Å²) in [5.41, 5.74) is 2.46. The van der Waals surface area contributed by atoms with Crippen LogP contribution in [0.3, 0.4) is 0 Å². The summed E-state index contributed by atoms with van der Waals surface area (Å²) in [5, 5.41) is 7.45. The van der Waals surface area contributed by atoms with E-state index in [4.69, 9.17) is 12.2 Å². The van der Waals surface area contributed by atoms with Crippen LogP contribution in [0.15, 0.2) is 72.3 Å². The van der Waals surface area contributed by atoms with Crippen molar-refractivity contribution in [1.29, 1.82) is 0 Å². The molecule has 0 aliphatic carbocycles. The number of thiocarbonyl (C=S) groups is 1. The van der Waals surface area contributed by atoms with Gasteiger partial charge in [0, 0.05) is 22.2 Å². The first-order chi connectivity index (χ1) is 15.5. The SMILES string of the molecule is Cc1c(C=C2C(=O)NC(=S)NC2=O)c2ccccc2n1C(=O)c1cccc2ccccc12. The maximum atomic E-state index is 13.7. The molecule has 1 aliphatic heterocycles. The molecular formula is C25H17N3O3S. The Hall–Kier alpha value is -4.10. The molecule has 2 heterocycles. The highest BCUT2D eigenvalue weighted by Gasteiger charge is 2.27. The molecule has 6 nitrogen and oxygen atoms in total. The predicted molar refractivity (Wildman–Crippen MR) is 127 cm³/mol. The molecule has 4 aromatic rings. The lowest BCUT2D eigenvalue weighted by molar-refractivity contribution is -0.123. The zero-order chi connectivity index (χ0) is 22.4. The van der Waals surface area contributed by atoms with Gasteiger partial charge in [-0.2, -0.15) is 0 Å². The minimum Gasteiger partial charge on any atom is -0.299 e. The summed E-state index contributed by atoms with van der Waals surface area (Å²) in [6, 6.07) is 20.8. The van der Waals surface area contributed by atoms with Crippen LogP contribution in [0, 0.1) is 6.92 Å². The van der Waals surface area contributed by atoms with Crippen LogP contribution < -0.4 is 10.6 Å². The lowest BCUT2D eigenvalue weighted by Gasteiger charge is -2.16. The first kappa shape index (κ1) is 19.8. The van der Waals surface area contributed by atoms with Crippen molar-refractivity contribution in [2.24, 2.45) is 0 Å². The lowest BCUT2D eigenvalue weighted by Crippen LogP contribution is -2.51. The van der Waals surface area contributed by atoms with Gasteiger partial charge in [-0.05, 0) is 48.1 Å². The number of aromatic nitrogens is 1. The third kappa shape index (κ3) is 3.11. The number of carbonyl (C=O) groups excluding carboxylic acids is 3. The molecule has 5 rings (SSSR count). The topological polar surface area (TPSA) is 80.2 Å². The van der Waals surface area contributed by atoms with Crippen LogP contribution in [0.4, 0.5) is 0 Å². The molecule has 2 amide bonds. The Kier molecular flexibility index (Phi) is 4.68. The number of nitrogens with one attached hydrogen (secondary N) is 2. The Labute approximate surface area is 188 Å². The Balaban J connectivity index is 1.73. The number of nitrogens with zero attached hydrogens (tertiary/aromatic N) is 1. The van der Waals surface area contributed by atoms with Crippen molar-refractivity contribution >= 4 is 62.8 Å². The first-order valence-electron chi connectivity index (χ1n) is 9.96. The van der Waals surface area contributed by atoms with Crippen molar-refractivity contribution in [1.82, 2.24) is 15.2 Å². The number of fused-ring (bicyclic) bond motifs is 2. The number of carbonyl (C=O) groups is 3. The number of amides is 2. The molecule has 1 fully saturated rings. The summed E-state index contributed by atoms with van der Waals surface area (Å²) in [7, 11) is 0. The molecule has 0 bridgehead atoms. The smallest absolute Gasteiger partial charge is 0.263 e. The predicted octanol–water partition coefficient (Wildman–Crippen LogP) is 3.71. The monoisotopic (exact) mass is 439 g/mol. The van der Waals surface area contributed by atoms with E-state index in [1.165, 1.54) is 6.08 Å². The van der Waals surface area contributed by atoms with E-state index in [0.29, 0.717) is 22.3 Å². The van der Waals surface area contributed by atoms with E-state index in [1.807, 2.05) is 60.7 Å². The Bertz CT molecular complexity index is 1490. The van der Waals surface area contributed by atoms with Gasteiger partial charge in [0.1, 0.15) is 5.57 Å². The molecule has 32 heavy (non-hydrogen) atoms. The summed E-state index contributed by atoms with van der Waals surface area (Å²) >= 11 is 4.87. The summed E-state index contributed by atoms with van der Waals surface area (Å²) in [5.74, 6) is -1.33. The largest absolute Gasteiger partial charge is 0.299 e. The molecular weight excluding hydrogens is 422 g/mol. The van der Waals surface area contributed by atoms with Crippen LogP contribution in [0.25, 0.3) is 27.8 Å². The molecule has 156 valence electrons. The van der Waals surface area contributed by atoms with Gasteiger partial charge in [0.2, 0.25) is 0 Å². The average molecular weight is 439 g/mol. The highest BCUT2D eigenvalue weighted by atomic mass is 32.1. The zero-order valence-corrected chi connectivity index (χ0v) is 17.8. The second kappa shape index (κ2) is 7.55. The maximum Gasteiger partial charge on any atom is 0.263 e. The van der Waals surface area contributed by atoms with Crippen molar-refractivity contribution in [3.05, 3.63) is 89.1 Å². The second-order valence-corrected chi connectivity index (χ2v) is 7.89. The van der Waals surface area contributed by atoms with Crippen molar-refractivity contribution in [3.63, 3.8) is 0 Å². The fourth-order valence-corrected chi connectivity index (χ4v) is 4.30. The van der Waals surface area contributed by atoms with Gasteiger partial charge in [-0.15, -0.1) is 0 Å². The lowest BCUT2D eigenvalue weighted by atomic mass is 10.0. The van der Waals surface area contributed by atoms with E-state index < -0.39 is 11.8 Å². The van der Waals surface area contributed by atoms with Crippen molar-refractivity contribution in [2.45, 2.75) is 6.92 Å². The minimum atomic E-state index is -0.574. The number of benzene rings is 3. The highest BCUT2D eigenvalue weighted by Crippen LogP contribution is 2.30. The van der Waals surface area contributed by atoms with Crippen LogP contribution in [0.1, 0.15) is 21.6 Å². The van der Waals surface area contributed by atoms with E-state index in [2.05, 4.69) is 10.6 Å². The number of para-hydroxylation sites is 1. The van der Waals surface area contributed by atoms with Gasteiger partial charge in [0.25, 0.3) is 17.7 Å². The third-order valence-corrected chi connectivity index (χ3v) is 5.82. The van der Waals surface area contributed by atoms with Gasteiger partial charge < -0.3 is 0 Å². The Morgan fingerprint density at radius 3 is 2.25 bits per heavy atom. The molecule has 0 spiro atoms. The van der Waals surface area contributed by atoms with Gasteiger partial charge in [-0.25, -0.2) is 0 Å². The van der Waals surface area contributed by atoms with E-state index in [9.17, 15) is 14.4 Å². The Morgan fingerprint density at radius 2 is 1.50 bits per heavy atom. The molecule has 1 aromatic heterocycles. The standard InChI is InChI=1S/C25H17N3O3S/c1-14-19(13-20-22(29)26-25(32)27-23(20)30)17-10-4-5-12-21(17)28(14)24(31)18-11-6-8-15-7-2-3-9-16(15)18/h2-13H,1H3,(H2,26,27,29,30,32). The van der Waals surface area contributed by atoms with E-state index >= 15 is 0 Å². The molecule has 0 radical (unpaired) electrons. The summed E-state index contributed by atoms with van der Waals surface area (Å²) in [4.78, 5) is 38.5. The summed E-state index contributed by atoms with van der Waals surface area (Å²) in [6.45, 7) is 1.80. The van der Waals surface area contributed by atoms with E-state index in [-0.39, 0.29) is 16.6 Å². The van der Waals surface area contributed by atoms with E-state index in [0.717, 1.165) is 16.2 Å². The molecule has 7 heteroatoms. The summed E-state index contributed by atoms with van der Waals surface area (Å²) in [6.07, 6.45) is 1.51. The number of hydrogen-bond donors (Lipinski definition) is 2. The fourth-order valence-electron chi connectivity index (χ4n) is 4.12. The van der Waals surface area contributed by atoms with Crippen LogP contribution in [0.5, 0.6) is 0 Å². The molecule has 0 unspecified atom stereocenters. The van der Waals surface area contributed by atoms with E-state index in [1.54, 1.807) is 17.6 Å². The van der Waals surface area contributed by atoms with Gasteiger partial charge in [-0.1, -0.05) is 54.6 Å². The maximum absolute atomic E-state index is 13.7. The molecule has 1 aliphatic rings. The normalized spacial score (nSPS) is 13.9. The van der Waals surface area contributed by atoms with Crippen LogP contribution in [0.2, 0.25) is 0 Å². The molecule has 1 saturated heterocycles. The van der Waals surface area contributed by atoms with Crippen molar-refractivity contribution < 1.29 is 14.4 Å². The molecule has 0 saturated carbocycles. The Morgan fingerprint density at radius 1 is 0.875 bits per heavy atom. The first-order valence-corrected chi connectivity index (χ1v) is 10.4. The molecule has 2 N–H and O–H groups in total. The van der Waals surface area contributed by atoms with Crippen molar-refractivity contribution in [2.75, 3.05) is 0 Å². The van der Waals surface area contributed by atoms with Gasteiger partial charge in [-0.3, -0.25) is 29.6 Å². The van der Waals surface area contributed by atoms with Gasteiger partial charge >= 0.3 is 0 Å². The highest BCUT2D eigenvalue weighted by molar-refractivity contribution is 7.80. The molecule has 3 aromatic carbocycles. The average Bonchev–Trinajstić information content (AvgIpc) is 3.06. The van der Waals surface area contributed by atoms with Gasteiger partial charge in [0.15, 0.2) is 5.11 Å². The van der Waals surface area contributed by atoms with Crippen LogP contribution in [-0.4, -0.2) is 27.4 Å². The number of hydrogen-bond acceptors (Lipinski definition) is 4. The van der Waals surface area contributed by atoms with Gasteiger partial charge in [0.05, 0.1) is 5.52 Å². The van der Waals surface area contributed by atoms with Crippen molar-refractivity contribution in [3.8, 4) is 0 Å². The quantitative estimate of drug-likeness (QED) is 0.284. The zero-order valence-electron chi connectivity index (χ0n) is 17.0. The minimum absolute atomic E-state index is 0.0255. The third-order valence-electron chi connectivity index (χ3n) is 5.62. The van der Waals surface area contributed by atoms with Crippen LogP contribution in [-0.2, 0) is 9.59 Å². The second-order valence-electron chi connectivity index (χ2n) is 7.48. The number of rotatable bonds is 2.